The van der Waals surface area contributed by atoms with Crippen LogP contribution in [0.25, 0.3) is 21.8 Å². The molecule has 4 aromatic rings. The summed E-state index contributed by atoms with van der Waals surface area (Å²) in [6, 6.07) is 22.6. The zero-order valence-corrected chi connectivity index (χ0v) is 19.5. The molecule has 1 unspecified atom stereocenters. The Morgan fingerprint density at radius 3 is 2.56 bits per heavy atom. The topological polar surface area (TPSA) is 46.2 Å². The molecule has 166 valence electrons. The summed E-state index contributed by atoms with van der Waals surface area (Å²) in [5.41, 5.74) is 4.31. The zero-order chi connectivity index (χ0) is 22.3. The van der Waals surface area contributed by atoms with Crippen molar-refractivity contribution in [1.82, 2.24) is 10.3 Å². The van der Waals surface area contributed by atoms with Gasteiger partial charge in [-0.3, -0.25) is 0 Å². The highest BCUT2D eigenvalue weighted by Gasteiger charge is 2.11. The van der Waals surface area contributed by atoms with E-state index in [-0.39, 0.29) is 0 Å². The molecule has 1 aromatic heterocycles. The van der Waals surface area contributed by atoms with Crippen LogP contribution in [0.15, 0.2) is 66.7 Å². The molecular formula is C27H30ClN3O. The largest absolute Gasteiger partial charge is 0.497 e. The van der Waals surface area contributed by atoms with Crippen LogP contribution in [0, 0.1) is 0 Å². The van der Waals surface area contributed by atoms with Gasteiger partial charge in [-0.25, -0.2) is 4.98 Å². The smallest absolute Gasteiger partial charge is 0.119 e. The first kappa shape index (κ1) is 22.4. The van der Waals surface area contributed by atoms with Crippen molar-refractivity contribution in [2.75, 3.05) is 32.1 Å². The van der Waals surface area contributed by atoms with Crippen molar-refractivity contribution < 1.29 is 4.74 Å². The summed E-state index contributed by atoms with van der Waals surface area (Å²) < 4.78 is 5.44. The minimum absolute atomic E-state index is 0.568. The van der Waals surface area contributed by atoms with Crippen LogP contribution in [0.3, 0.4) is 0 Å². The second-order valence-corrected chi connectivity index (χ2v) is 8.60. The van der Waals surface area contributed by atoms with Crippen LogP contribution in [0.5, 0.6) is 5.75 Å². The quantitative estimate of drug-likeness (QED) is 0.211. The minimum Gasteiger partial charge on any atom is -0.497 e. The Morgan fingerprint density at radius 1 is 0.906 bits per heavy atom. The first-order valence-corrected chi connectivity index (χ1v) is 11.6. The lowest BCUT2D eigenvalue weighted by Crippen LogP contribution is -2.20. The van der Waals surface area contributed by atoms with Crippen molar-refractivity contribution in [3.8, 4) is 5.75 Å². The number of anilines is 1. The molecule has 0 spiro atoms. The number of fused-ring (bicyclic) bond motifs is 2. The molecule has 0 amide bonds. The lowest BCUT2D eigenvalue weighted by atomic mass is 9.98. The fourth-order valence-corrected chi connectivity index (χ4v) is 4.20. The molecule has 0 fully saturated rings. The molecule has 0 saturated carbocycles. The van der Waals surface area contributed by atoms with Gasteiger partial charge in [-0.05, 0) is 73.8 Å². The standard InChI is InChI=1S/C27H30ClN3O/c1-19(20-7-4-3-5-8-20)13-16-29-14-6-15-30-27-23-11-9-21(28)17-26(23)31-25-12-10-22(32-2)18-24(25)27/h3-5,7-12,17-19,29H,6,13-16H2,1-2H3,(H,30,31). The number of nitrogens with one attached hydrogen (secondary N) is 2. The van der Waals surface area contributed by atoms with Crippen molar-refractivity contribution >= 4 is 39.1 Å². The molecule has 5 heteroatoms. The molecule has 0 bridgehead atoms. The highest BCUT2D eigenvalue weighted by Crippen LogP contribution is 2.34. The molecule has 0 aliphatic rings. The van der Waals surface area contributed by atoms with E-state index in [1.807, 2.05) is 36.4 Å². The molecule has 4 rings (SSSR count). The van der Waals surface area contributed by atoms with E-state index in [2.05, 4.69) is 47.9 Å². The number of rotatable bonds is 10. The van der Waals surface area contributed by atoms with Gasteiger partial charge in [0.2, 0.25) is 0 Å². The van der Waals surface area contributed by atoms with E-state index in [9.17, 15) is 0 Å². The molecule has 0 saturated heterocycles. The summed E-state index contributed by atoms with van der Waals surface area (Å²) in [4.78, 5) is 4.79. The van der Waals surface area contributed by atoms with Gasteiger partial charge in [-0.2, -0.15) is 0 Å². The van der Waals surface area contributed by atoms with Crippen molar-refractivity contribution in [3.05, 3.63) is 77.3 Å². The van der Waals surface area contributed by atoms with Gasteiger partial charge in [-0.15, -0.1) is 0 Å². The van der Waals surface area contributed by atoms with E-state index in [1.54, 1.807) is 7.11 Å². The van der Waals surface area contributed by atoms with Crippen LogP contribution in [0.1, 0.15) is 31.2 Å². The second kappa shape index (κ2) is 10.7. The fraction of sp³-hybridized carbons (Fsp3) is 0.296. The average molecular weight is 448 g/mol. The summed E-state index contributed by atoms with van der Waals surface area (Å²) in [6.45, 7) is 5.16. The third-order valence-electron chi connectivity index (χ3n) is 5.90. The SMILES string of the molecule is COc1ccc2nc3cc(Cl)ccc3c(NCCCNCCC(C)c3ccccc3)c2c1. The maximum absolute atomic E-state index is 6.22. The highest BCUT2D eigenvalue weighted by atomic mass is 35.5. The van der Waals surface area contributed by atoms with Crippen molar-refractivity contribution in [3.63, 3.8) is 0 Å². The molecule has 0 aliphatic carbocycles. The van der Waals surface area contributed by atoms with Crippen molar-refractivity contribution in [2.24, 2.45) is 0 Å². The lowest BCUT2D eigenvalue weighted by molar-refractivity contribution is 0.415. The number of halogens is 1. The minimum atomic E-state index is 0.568. The molecule has 1 heterocycles. The van der Waals surface area contributed by atoms with Gasteiger partial charge in [0.15, 0.2) is 0 Å². The van der Waals surface area contributed by atoms with Gasteiger partial charge in [-0.1, -0.05) is 48.9 Å². The van der Waals surface area contributed by atoms with Gasteiger partial charge in [0.05, 0.1) is 23.8 Å². The van der Waals surface area contributed by atoms with Crippen LogP contribution < -0.4 is 15.4 Å². The van der Waals surface area contributed by atoms with Crippen LogP contribution in [-0.2, 0) is 0 Å². The van der Waals surface area contributed by atoms with Crippen LogP contribution in [0.2, 0.25) is 5.02 Å². The van der Waals surface area contributed by atoms with Crippen molar-refractivity contribution in [2.45, 2.75) is 25.7 Å². The second-order valence-electron chi connectivity index (χ2n) is 8.16. The monoisotopic (exact) mass is 447 g/mol. The van der Waals surface area contributed by atoms with Crippen LogP contribution in [-0.4, -0.2) is 31.7 Å². The molecule has 0 aliphatic heterocycles. The molecule has 1 atom stereocenters. The number of ether oxygens (including phenoxy) is 1. The predicted molar refractivity (Wildman–Crippen MR) is 136 cm³/mol. The maximum Gasteiger partial charge on any atom is 0.119 e. The van der Waals surface area contributed by atoms with Gasteiger partial charge in [0, 0.05) is 22.3 Å². The summed E-state index contributed by atoms with van der Waals surface area (Å²) in [5, 5.41) is 10.1. The maximum atomic E-state index is 6.22. The lowest BCUT2D eigenvalue weighted by Gasteiger charge is -2.15. The average Bonchev–Trinajstić information content (AvgIpc) is 2.82. The van der Waals surface area contributed by atoms with E-state index < -0.39 is 0 Å². The predicted octanol–water partition coefficient (Wildman–Crippen LogP) is 6.64. The van der Waals surface area contributed by atoms with E-state index in [1.165, 1.54) is 5.56 Å². The number of aromatic nitrogens is 1. The molecule has 2 N–H and O–H groups in total. The van der Waals surface area contributed by atoms with E-state index in [4.69, 9.17) is 21.3 Å². The molecule has 3 aromatic carbocycles. The van der Waals surface area contributed by atoms with E-state index >= 15 is 0 Å². The van der Waals surface area contributed by atoms with E-state index in [0.717, 1.165) is 65.7 Å². The molecule has 0 radical (unpaired) electrons. The van der Waals surface area contributed by atoms with Gasteiger partial charge in [0.25, 0.3) is 0 Å². The van der Waals surface area contributed by atoms with Crippen LogP contribution in [0.4, 0.5) is 5.69 Å². The summed E-state index contributed by atoms with van der Waals surface area (Å²) >= 11 is 6.22. The Morgan fingerprint density at radius 2 is 1.75 bits per heavy atom. The van der Waals surface area contributed by atoms with Gasteiger partial charge in [0.1, 0.15) is 5.75 Å². The van der Waals surface area contributed by atoms with Crippen molar-refractivity contribution in [1.29, 1.82) is 0 Å². The van der Waals surface area contributed by atoms with Gasteiger partial charge >= 0.3 is 0 Å². The third-order valence-corrected chi connectivity index (χ3v) is 6.13. The Kier molecular flexibility index (Phi) is 7.46. The summed E-state index contributed by atoms with van der Waals surface area (Å²) in [5.74, 6) is 1.39. The number of hydrogen-bond donors (Lipinski definition) is 2. The molecule has 32 heavy (non-hydrogen) atoms. The summed E-state index contributed by atoms with van der Waals surface area (Å²) in [6.07, 6.45) is 2.17. The fourth-order valence-electron chi connectivity index (χ4n) is 4.03. The third kappa shape index (κ3) is 5.32. The van der Waals surface area contributed by atoms with Crippen LogP contribution >= 0.6 is 11.6 Å². The normalized spacial score (nSPS) is 12.2. The number of methoxy groups -OCH3 is 1. The Labute approximate surface area is 195 Å². The zero-order valence-electron chi connectivity index (χ0n) is 18.7. The number of nitrogens with zero attached hydrogens (tertiary/aromatic N) is 1. The number of hydrogen-bond acceptors (Lipinski definition) is 4. The Balaban J connectivity index is 1.37. The number of pyridine rings is 1. The number of benzene rings is 3. The molecule has 4 nitrogen and oxygen atoms in total. The highest BCUT2D eigenvalue weighted by molar-refractivity contribution is 6.31. The Bertz CT molecular complexity index is 1180. The first-order chi connectivity index (χ1) is 15.7. The van der Waals surface area contributed by atoms with E-state index in [0.29, 0.717) is 10.9 Å². The Hall–Kier alpha value is -2.82. The van der Waals surface area contributed by atoms with Gasteiger partial charge < -0.3 is 15.4 Å². The molecular weight excluding hydrogens is 418 g/mol. The first-order valence-electron chi connectivity index (χ1n) is 11.2. The summed E-state index contributed by atoms with van der Waals surface area (Å²) in [7, 11) is 1.69.